The number of benzene rings is 1. The van der Waals surface area contributed by atoms with Crippen molar-refractivity contribution in [3.63, 3.8) is 0 Å². The van der Waals surface area contributed by atoms with Crippen molar-refractivity contribution < 1.29 is 14.7 Å². The van der Waals surface area contributed by atoms with E-state index in [1.165, 1.54) is 22.5 Å². The minimum absolute atomic E-state index is 0.0119. The van der Waals surface area contributed by atoms with Crippen LogP contribution in [0.3, 0.4) is 0 Å². The molecule has 0 saturated heterocycles. The molecular weight excluding hydrogens is 384 g/mol. The number of nitrogens with zero attached hydrogens (tertiary/aromatic N) is 1. The third kappa shape index (κ3) is 3.50. The number of nitrogens with one attached hydrogen (secondary N) is 1. The fourth-order valence-electron chi connectivity index (χ4n) is 5.17. The van der Waals surface area contributed by atoms with Crippen molar-refractivity contribution in [2.45, 2.75) is 40.0 Å². The minimum atomic E-state index is -0.869. The maximum absolute atomic E-state index is 13.1. The van der Waals surface area contributed by atoms with Gasteiger partial charge in [0.25, 0.3) is 0 Å². The third-order valence-electron chi connectivity index (χ3n) is 6.40. The van der Waals surface area contributed by atoms with Crippen molar-refractivity contribution in [3.8, 4) is 11.3 Å². The van der Waals surface area contributed by atoms with Crippen LogP contribution in [0.2, 0.25) is 0 Å². The second kappa shape index (κ2) is 7.75. The van der Waals surface area contributed by atoms with Crippen LogP contribution in [-0.4, -0.2) is 22.0 Å². The number of hydrogen-bond acceptors (Lipinski definition) is 4. The number of anilines is 1. The second-order valence-electron chi connectivity index (χ2n) is 8.21. The Labute approximate surface area is 174 Å². The number of aliphatic carboxylic acids is 1. The number of aromatic nitrogens is 1. The molecule has 2 bridgehead atoms. The molecule has 1 aromatic carbocycles. The quantitative estimate of drug-likeness (QED) is 0.680. The summed E-state index contributed by atoms with van der Waals surface area (Å²) in [5.74, 6) is -2.22. The van der Waals surface area contributed by atoms with E-state index in [4.69, 9.17) is 0 Å². The van der Waals surface area contributed by atoms with Gasteiger partial charge in [0.1, 0.15) is 0 Å². The molecule has 0 unspecified atom stereocenters. The van der Waals surface area contributed by atoms with E-state index >= 15 is 0 Å². The Kier molecular flexibility index (Phi) is 5.30. The Morgan fingerprint density at radius 1 is 1.14 bits per heavy atom. The highest BCUT2D eigenvalue weighted by atomic mass is 32.1. The number of hydrogen-bond donors (Lipinski definition) is 2. The lowest BCUT2D eigenvalue weighted by Crippen LogP contribution is -2.37. The van der Waals surface area contributed by atoms with Gasteiger partial charge in [-0.3, -0.25) is 9.59 Å². The van der Waals surface area contributed by atoms with E-state index < -0.39 is 17.8 Å². The van der Waals surface area contributed by atoms with Crippen LogP contribution in [0.4, 0.5) is 5.13 Å². The number of allylic oxidation sites excluding steroid dienone is 2. The van der Waals surface area contributed by atoms with Crippen LogP contribution in [-0.2, 0) is 16.0 Å². The maximum Gasteiger partial charge on any atom is 0.307 e. The third-order valence-corrected chi connectivity index (χ3v) is 7.16. The number of amides is 1. The summed E-state index contributed by atoms with van der Waals surface area (Å²) in [4.78, 5) is 29.6. The van der Waals surface area contributed by atoms with Crippen molar-refractivity contribution >= 4 is 28.3 Å². The smallest absolute Gasteiger partial charge is 0.307 e. The number of thiazole rings is 1. The summed E-state index contributed by atoms with van der Waals surface area (Å²) in [5, 5.41) is 15.2. The number of carbonyl (C=O) groups is 2. The highest BCUT2D eigenvalue weighted by Crippen LogP contribution is 2.57. The van der Waals surface area contributed by atoms with Gasteiger partial charge in [0.2, 0.25) is 5.91 Å². The highest BCUT2D eigenvalue weighted by molar-refractivity contribution is 7.14. The first-order chi connectivity index (χ1) is 13.9. The van der Waals surface area contributed by atoms with Gasteiger partial charge in [-0.2, -0.15) is 0 Å². The highest BCUT2D eigenvalue weighted by Gasteiger charge is 2.57. The van der Waals surface area contributed by atoms with Crippen LogP contribution in [0.25, 0.3) is 11.3 Å². The molecule has 0 aliphatic heterocycles. The van der Waals surface area contributed by atoms with E-state index in [9.17, 15) is 14.7 Å². The second-order valence-corrected chi connectivity index (χ2v) is 9.07. The van der Waals surface area contributed by atoms with Crippen LogP contribution in [0, 0.1) is 23.7 Å². The number of rotatable bonds is 5. The van der Waals surface area contributed by atoms with Gasteiger partial charge in [-0.05, 0) is 50.5 Å². The normalized spacial score (nSPS) is 25.3. The lowest BCUT2D eigenvalue weighted by Gasteiger charge is -2.25. The van der Waals surface area contributed by atoms with Crippen molar-refractivity contribution in [1.82, 2.24) is 4.98 Å². The Hall–Kier alpha value is -2.47. The van der Waals surface area contributed by atoms with Gasteiger partial charge in [-0.1, -0.05) is 42.3 Å². The monoisotopic (exact) mass is 410 g/mol. The molecule has 152 valence electrons. The van der Waals surface area contributed by atoms with Crippen molar-refractivity contribution in [1.29, 1.82) is 0 Å². The molecule has 0 spiro atoms. The van der Waals surface area contributed by atoms with Crippen LogP contribution < -0.4 is 5.32 Å². The summed E-state index contributed by atoms with van der Waals surface area (Å²) < 4.78 is 0. The number of carboxylic acids is 1. The number of carbonyl (C=O) groups excluding carboxylic acids is 1. The fraction of sp³-hybridized carbons (Fsp3) is 0.435. The zero-order valence-corrected chi connectivity index (χ0v) is 17.8. The van der Waals surface area contributed by atoms with Gasteiger partial charge in [0.15, 0.2) is 5.13 Å². The molecule has 29 heavy (non-hydrogen) atoms. The molecule has 1 heterocycles. The largest absolute Gasteiger partial charge is 0.481 e. The summed E-state index contributed by atoms with van der Waals surface area (Å²) in [6.45, 7) is 6.17. The standard InChI is InChI=1S/C23H26N2O3S/c1-4-13-5-7-14(8-6-13)17-11-29-23(24-17)25-21(26)19-15-9-10-16(18(15)12(2)3)20(19)22(27)28/h5-8,11,15-16,19-20H,4,9-10H2,1-3H3,(H,27,28)(H,24,25,26)/t15-,16-,19+,20-/m0/s1. The number of fused-ring (bicyclic) bond motifs is 2. The average molecular weight is 411 g/mol. The average Bonchev–Trinajstić information content (AvgIpc) is 3.41. The van der Waals surface area contributed by atoms with E-state index in [1.807, 2.05) is 31.4 Å². The molecular formula is C23H26N2O3S. The lowest BCUT2D eigenvalue weighted by molar-refractivity contribution is -0.148. The molecule has 4 atom stereocenters. The Balaban J connectivity index is 1.54. The zero-order valence-electron chi connectivity index (χ0n) is 16.9. The van der Waals surface area contributed by atoms with E-state index in [0.717, 1.165) is 36.1 Å². The van der Waals surface area contributed by atoms with Gasteiger partial charge in [0, 0.05) is 10.9 Å². The van der Waals surface area contributed by atoms with Gasteiger partial charge in [-0.15, -0.1) is 11.3 Å². The van der Waals surface area contributed by atoms with Gasteiger partial charge < -0.3 is 10.4 Å². The summed E-state index contributed by atoms with van der Waals surface area (Å²) in [7, 11) is 0. The summed E-state index contributed by atoms with van der Waals surface area (Å²) in [6, 6.07) is 8.25. The minimum Gasteiger partial charge on any atom is -0.481 e. The maximum atomic E-state index is 13.1. The van der Waals surface area contributed by atoms with Gasteiger partial charge in [-0.25, -0.2) is 4.98 Å². The van der Waals surface area contributed by atoms with Crippen molar-refractivity contribution in [2.75, 3.05) is 5.32 Å². The Bertz CT molecular complexity index is 972. The predicted octanol–water partition coefficient (Wildman–Crippen LogP) is 5.00. The Morgan fingerprint density at radius 3 is 2.38 bits per heavy atom. The molecule has 2 N–H and O–H groups in total. The molecule has 2 aliphatic carbocycles. The van der Waals surface area contributed by atoms with Crippen LogP contribution in [0.15, 0.2) is 40.8 Å². The zero-order chi connectivity index (χ0) is 20.7. The molecule has 2 fully saturated rings. The Morgan fingerprint density at radius 2 is 1.79 bits per heavy atom. The van der Waals surface area contributed by atoms with E-state index in [2.05, 4.69) is 29.4 Å². The first kappa shape index (κ1) is 19.8. The lowest BCUT2D eigenvalue weighted by atomic mass is 9.79. The summed E-state index contributed by atoms with van der Waals surface area (Å²) in [5.41, 5.74) is 5.44. The summed E-state index contributed by atoms with van der Waals surface area (Å²) in [6.07, 6.45) is 2.74. The van der Waals surface area contributed by atoms with Crippen LogP contribution >= 0.6 is 11.3 Å². The molecule has 0 radical (unpaired) electrons. The van der Waals surface area contributed by atoms with E-state index in [1.54, 1.807) is 0 Å². The van der Waals surface area contributed by atoms with E-state index in [0.29, 0.717) is 5.13 Å². The molecule has 2 aliphatic rings. The molecule has 1 amide bonds. The first-order valence-electron chi connectivity index (χ1n) is 10.2. The van der Waals surface area contributed by atoms with Crippen molar-refractivity contribution in [2.24, 2.45) is 23.7 Å². The number of aryl methyl sites for hydroxylation is 1. The van der Waals surface area contributed by atoms with Crippen LogP contribution in [0.5, 0.6) is 0 Å². The molecule has 2 saturated carbocycles. The topological polar surface area (TPSA) is 79.3 Å². The van der Waals surface area contributed by atoms with Gasteiger partial charge >= 0.3 is 5.97 Å². The molecule has 4 rings (SSSR count). The molecule has 2 aromatic rings. The van der Waals surface area contributed by atoms with Crippen molar-refractivity contribution in [3.05, 3.63) is 46.4 Å². The SMILES string of the molecule is CCc1ccc(-c2csc(NC(=O)[C@H]3[C@@H](C(=O)O)[C@H]4CC[C@H]3C4=C(C)C)n2)cc1. The molecule has 6 heteroatoms. The molecule has 5 nitrogen and oxygen atoms in total. The van der Waals surface area contributed by atoms with E-state index in [-0.39, 0.29) is 17.7 Å². The van der Waals surface area contributed by atoms with Crippen LogP contribution in [0.1, 0.15) is 39.2 Å². The molecule has 1 aromatic heterocycles. The number of carboxylic acid groups (broad SMARTS) is 1. The van der Waals surface area contributed by atoms with Gasteiger partial charge in [0.05, 0.1) is 17.5 Å². The fourth-order valence-corrected chi connectivity index (χ4v) is 5.89. The first-order valence-corrected chi connectivity index (χ1v) is 11.0. The predicted molar refractivity (Wildman–Crippen MR) is 115 cm³/mol. The summed E-state index contributed by atoms with van der Waals surface area (Å²) >= 11 is 1.38.